The third kappa shape index (κ3) is 1.81. The average Bonchev–Trinajstić information content (AvgIpc) is 2.94. The lowest BCUT2D eigenvalue weighted by Gasteiger charge is -2.28. The molecule has 1 aliphatic rings. The normalized spacial score (nSPS) is 16.4. The number of carbonyl (C=O) groups is 1. The predicted molar refractivity (Wildman–Crippen MR) is 84.7 cm³/mol. The highest BCUT2D eigenvalue weighted by molar-refractivity contribution is 7.94. The van der Waals surface area contributed by atoms with Crippen molar-refractivity contribution < 1.29 is 13.2 Å². The average molecular weight is 331 g/mol. The first-order chi connectivity index (χ1) is 10.6. The quantitative estimate of drug-likeness (QED) is 0.743. The standard InChI is InChI=1S/C14H9N3O3S2/c18-14-16-11-3-1-2-4-13(11)22(19,20)17(14)9-5-6-10-12(7-9)21-8-15-10/h1-8H,(H,16,18). The summed E-state index contributed by atoms with van der Waals surface area (Å²) in [5.74, 6) is 0. The number of hydrogen-bond acceptors (Lipinski definition) is 5. The number of benzene rings is 2. The first kappa shape index (κ1) is 13.2. The van der Waals surface area contributed by atoms with Gasteiger partial charge in [0.15, 0.2) is 0 Å². The molecule has 110 valence electrons. The van der Waals surface area contributed by atoms with Crippen LogP contribution >= 0.6 is 11.3 Å². The van der Waals surface area contributed by atoms with Crippen molar-refractivity contribution in [2.24, 2.45) is 0 Å². The van der Waals surface area contributed by atoms with Gasteiger partial charge in [0.05, 0.1) is 27.1 Å². The fraction of sp³-hybridized carbons (Fsp3) is 0. The molecule has 6 nitrogen and oxygen atoms in total. The minimum atomic E-state index is -3.93. The lowest BCUT2D eigenvalue weighted by molar-refractivity contribution is 0.259. The van der Waals surface area contributed by atoms with E-state index < -0.39 is 16.1 Å². The second-order valence-corrected chi connectivity index (χ2v) is 7.34. The molecule has 0 bridgehead atoms. The molecule has 0 saturated heterocycles. The predicted octanol–water partition coefficient (Wildman–Crippen LogP) is 3.04. The van der Waals surface area contributed by atoms with Crippen LogP contribution in [0.3, 0.4) is 0 Å². The number of anilines is 2. The number of amides is 2. The van der Waals surface area contributed by atoms with Crippen LogP contribution in [0.25, 0.3) is 10.2 Å². The Morgan fingerprint density at radius 1 is 1.14 bits per heavy atom. The van der Waals surface area contributed by atoms with E-state index in [1.807, 2.05) is 0 Å². The van der Waals surface area contributed by atoms with E-state index >= 15 is 0 Å². The molecule has 8 heteroatoms. The number of rotatable bonds is 1. The zero-order chi connectivity index (χ0) is 15.3. The molecule has 4 rings (SSSR count). The number of nitrogens with one attached hydrogen (secondary N) is 1. The summed E-state index contributed by atoms with van der Waals surface area (Å²) in [6.45, 7) is 0. The molecular formula is C14H9N3O3S2. The van der Waals surface area contributed by atoms with Crippen LogP contribution in [-0.2, 0) is 10.0 Å². The van der Waals surface area contributed by atoms with Gasteiger partial charge >= 0.3 is 6.03 Å². The Kier molecular flexibility index (Phi) is 2.72. The Morgan fingerprint density at radius 3 is 2.82 bits per heavy atom. The lowest BCUT2D eigenvalue weighted by atomic mass is 10.3. The Morgan fingerprint density at radius 2 is 1.95 bits per heavy atom. The number of para-hydroxylation sites is 1. The van der Waals surface area contributed by atoms with Crippen LogP contribution in [0, 0.1) is 0 Å². The van der Waals surface area contributed by atoms with Crippen molar-refractivity contribution in [3.05, 3.63) is 48.0 Å². The molecule has 0 radical (unpaired) electrons. The summed E-state index contributed by atoms with van der Waals surface area (Å²) in [5, 5.41) is 2.60. The van der Waals surface area contributed by atoms with Crippen molar-refractivity contribution in [2.45, 2.75) is 4.90 Å². The van der Waals surface area contributed by atoms with Gasteiger partial charge in [-0.05, 0) is 30.3 Å². The molecule has 1 aromatic heterocycles. The SMILES string of the molecule is O=C1Nc2ccccc2S(=O)(=O)N1c1ccc2ncsc2c1. The van der Waals surface area contributed by atoms with Crippen molar-refractivity contribution in [1.29, 1.82) is 0 Å². The number of hydrogen-bond donors (Lipinski definition) is 1. The van der Waals surface area contributed by atoms with Crippen molar-refractivity contribution in [1.82, 2.24) is 4.98 Å². The molecule has 0 aliphatic carbocycles. The number of nitrogens with zero attached hydrogens (tertiary/aromatic N) is 2. The largest absolute Gasteiger partial charge is 0.340 e. The zero-order valence-electron chi connectivity index (χ0n) is 11.1. The van der Waals surface area contributed by atoms with Gasteiger partial charge in [-0.1, -0.05) is 12.1 Å². The van der Waals surface area contributed by atoms with Gasteiger partial charge in [-0.2, -0.15) is 4.31 Å². The third-order valence-corrected chi connectivity index (χ3v) is 5.94. The first-order valence-electron chi connectivity index (χ1n) is 6.36. The number of carbonyl (C=O) groups excluding carboxylic acids is 1. The monoisotopic (exact) mass is 331 g/mol. The zero-order valence-corrected chi connectivity index (χ0v) is 12.7. The van der Waals surface area contributed by atoms with E-state index in [2.05, 4.69) is 10.3 Å². The van der Waals surface area contributed by atoms with Crippen LogP contribution in [-0.4, -0.2) is 19.4 Å². The molecule has 2 heterocycles. The van der Waals surface area contributed by atoms with Crippen molar-refractivity contribution in [3.63, 3.8) is 0 Å². The smallest absolute Gasteiger partial charge is 0.305 e. The van der Waals surface area contributed by atoms with Gasteiger partial charge in [0.25, 0.3) is 10.0 Å². The molecule has 0 spiro atoms. The van der Waals surface area contributed by atoms with Gasteiger partial charge in [-0.15, -0.1) is 11.3 Å². The minimum absolute atomic E-state index is 0.0824. The van der Waals surface area contributed by atoms with Crippen LogP contribution in [0.15, 0.2) is 52.9 Å². The lowest BCUT2D eigenvalue weighted by Crippen LogP contribution is -2.44. The molecule has 0 atom stereocenters. The van der Waals surface area contributed by atoms with Crippen LogP contribution in [0.4, 0.5) is 16.2 Å². The Hall–Kier alpha value is -2.45. The third-order valence-electron chi connectivity index (χ3n) is 3.38. The summed E-state index contributed by atoms with van der Waals surface area (Å²) >= 11 is 1.39. The number of aromatic nitrogens is 1. The van der Waals surface area contributed by atoms with Gasteiger partial charge < -0.3 is 5.32 Å². The Labute approximate surface area is 130 Å². The van der Waals surface area contributed by atoms with Gasteiger partial charge in [0.1, 0.15) is 4.90 Å². The maximum atomic E-state index is 12.7. The second-order valence-electron chi connectivity index (χ2n) is 4.70. The maximum Gasteiger partial charge on any atom is 0.340 e. The summed E-state index contributed by atoms with van der Waals surface area (Å²) in [6.07, 6.45) is 0. The van der Waals surface area contributed by atoms with Gasteiger partial charge in [-0.3, -0.25) is 0 Å². The molecule has 0 saturated carbocycles. The van der Waals surface area contributed by atoms with Crippen LogP contribution in [0.1, 0.15) is 0 Å². The van der Waals surface area contributed by atoms with Crippen LogP contribution < -0.4 is 9.62 Å². The minimum Gasteiger partial charge on any atom is -0.305 e. The van der Waals surface area contributed by atoms with E-state index in [0.29, 0.717) is 11.4 Å². The molecule has 2 amide bonds. The van der Waals surface area contributed by atoms with Crippen molar-refractivity contribution in [2.75, 3.05) is 9.62 Å². The van der Waals surface area contributed by atoms with E-state index in [4.69, 9.17) is 0 Å². The summed E-state index contributed by atoms with van der Waals surface area (Å²) < 4.78 is 27.1. The van der Waals surface area contributed by atoms with Crippen LogP contribution in [0.5, 0.6) is 0 Å². The molecule has 1 aliphatic heterocycles. The molecule has 22 heavy (non-hydrogen) atoms. The van der Waals surface area contributed by atoms with E-state index in [9.17, 15) is 13.2 Å². The topological polar surface area (TPSA) is 79.4 Å². The number of fused-ring (bicyclic) bond motifs is 2. The Bertz CT molecular complexity index is 1010. The van der Waals surface area contributed by atoms with Crippen molar-refractivity contribution >= 4 is 49.0 Å². The number of thiazole rings is 1. The summed E-state index contributed by atoms with van der Waals surface area (Å²) in [6, 6.07) is 10.6. The highest BCUT2D eigenvalue weighted by Crippen LogP contribution is 2.34. The molecule has 0 fully saturated rings. The van der Waals surface area contributed by atoms with Gasteiger partial charge in [-0.25, -0.2) is 18.2 Å². The van der Waals surface area contributed by atoms with E-state index in [1.165, 1.54) is 17.4 Å². The highest BCUT2D eigenvalue weighted by atomic mass is 32.2. The summed E-state index contributed by atoms with van der Waals surface area (Å²) in [4.78, 5) is 16.5. The van der Waals surface area contributed by atoms with Gasteiger partial charge in [0.2, 0.25) is 0 Å². The number of urea groups is 1. The second kappa shape index (κ2) is 4.52. The van der Waals surface area contributed by atoms with Crippen molar-refractivity contribution in [3.8, 4) is 0 Å². The van der Waals surface area contributed by atoms with Crippen LogP contribution in [0.2, 0.25) is 0 Å². The van der Waals surface area contributed by atoms with E-state index in [0.717, 1.165) is 14.5 Å². The summed E-state index contributed by atoms with van der Waals surface area (Å²) in [5.41, 5.74) is 3.03. The Balaban J connectivity index is 1.93. The van der Waals surface area contributed by atoms with E-state index in [-0.39, 0.29) is 4.90 Å². The molecule has 2 aromatic carbocycles. The van der Waals surface area contributed by atoms with E-state index in [1.54, 1.807) is 41.9 Å². The molecule has 3 aromatic rings. The maximum absolute atomic E-state index is 12.7. The molecule has 1 N–H and O–H groups in total. The fourth-order valence-corrected chi connectivity index (χ4v) is 4.60. The van der Waals surface area contributed by atoms with Gasteiger partial charge in [0, 0.05) is 0 Å². The number of sulfonamides is 1. The summed E-state index contributed by atoms with van der Waals surface area (Å²) in [7, 11) is -3.93. The highest BCUT2D eigenvalue weighted by Gasteiger charge is 2.37. The first-order valence-corrected chi connectivity index (χ1v) is 8.68. The fourth-order valence-electron chi connectivity index (χ4n) is 2.39. The molecular weight excluding hydrogens is 322 g/mol. The molecule has 0 unspecified atom stereocenters.